The van der Waals surface area contributed by atoms with Gasteiger partial charge in [-0.3, -0.25) is 4.79 Å². The summed E-state index contributed by atoms with van der Waals surface area (Å²) in [4.78, 5) is 18.1. The highest BCUT2D eigenvalue weighted by Crippen LogP contribution is 2.14. The van der Waals surface area contributed by atoms with Gasteiger partial charge >= 0.3 is 0 Å². The number of H-pyrrole nitrogens is 1. The third kappa shape index (κ3) is 3.60. The number of thioether (sulfide) groups is 1. The topological polar surface area (TPSA) is 45.8 Å². The number of rotatable bonds is 3. The zero-order chi connectivity index (χ0) is 12.1. The molecule has 0 aliphatic rings. The van der Waals surface area contributed by atoms with E-state index in [1.165, 1.54) is 17.8 Å². The summed E-state index contributed by atoms with van der Waals surface area (Å²) in [6, 6.07) is 11.5. The Morgan fingerprint density at radius 2 is 2.06 bits per heavy atom. The lowest BCUT2D eigenvalue weighted by atomic mass is 10.2. The Hall–Kier alpha value is -1.81. The summed E-state index contributed by atoms with van der Waals surface area (Å²) < 4.78 is 0. The van der Waals surface area contributed by atoms with Crippen molar-refractivity contribution in [3.8, 4) is 0 Å². The molecule has 0 saturated heterocycles. The van der Waals surface area contributed by atoms with E-state index in [0.29, 0.717) is 5.16 Å². The molecule has 0 fully saturated rings. The van der Waals surface area contributed by atoms with Gasteiger partial charge in [-0.1, -0.05) is 42.1 Å². The first-order valence-electron chi connectivity index (χ1n) is 5.20. The second-order valence-electron chi connectivity index (χ2n) is 3.52. The molecule has 1 aromatic carbocycles. The zero-order valence-electron chi connectivity index (χ0n) is 9.38. The standard InChI is InChI=1S/C13H12N2OS/c1-10-9-12(16)15-13(14-10)17-8-7-11-5-3-2-4-6-11/h2-9H,1H3,(H,14,15,16)/b8-7+. The fraction of sp³-hybridized carbons (Fsp3) is 0.0769. The van der Waals surface area contributed by atoms with Crippen LogP contribution < -0.4 is 5.56 Å². The maximum atomic E-state index is 11.2. The highest BCUT2D eigenvalue weighted by atomic mass is 32.2. The van der Waals surface area contributed by atoms with Crippen LogP contribution in [0.2, 0.25) is 0 Å². The van der Waals surface area contributed by atoms with E-state index in [9.17, 15) is 4.79 Å². The lowest BCUT2D eigenvalue weighted by Gasteiger charge is -1.96. The molecule has 17 heavy (non-hydrogen) atoms. The van der Waals surface area contributed by atoms with Gasteiger partial charge in [-0.2, -0.15) is 0 Å². The zero-order valence-corrected chi connectivity index (χ0v) is 10.2. The SMILES string of the molecule is Cc1cc(=O)[nH]c(S/C=C/c2ccccc2)n1. The molecular weight excluding hydrogens is 232 g/mol. The molecule has 0 saturated carbocycles. The van der Waals surface area contributed by atoms with Crippen molar-refractivity contribution in [2.45, 2.75) is 12.1 Å². The van der Waals surface area contributed by atoms with Crippen LogP contribution in [0.25, 0.3) is 6.08 Å². The molecule has 1 heterocycles. The molecule has 0 spiro atoms. The maximum Gasteiger partial charge on any atom is 0.251 e. The van der Waals surface area contributed by atoms with Gasteiger partial charge in [-0.15, -0.1) is 0 Å². The Morgan fingerprint density at radius 3 is 2.76 bits per heavy atom. The Bertz CT molecular complexity index is 575. The average Bonchev–Trinajstić information content (AvgIpc) is 2.29. The van der Waals surface area contributed by atoms with Crippen molar-refractivity contribution in [2.75, 3.05) is 0 Å². The van der Waals surface area contributed by atoms with Crippen LogP contribution in [0.4, 0.5) is 0 Å². The third-order valence-corrected chi connectivity index (χ3v) is 2.78. The molecule has 0 aliphatic heterocycles. The van der Waals surface area contributed by atoms with E-state index < -0.39 is 0 Å². The maximum absolute atomic E-state index is 11.2. The highest BCUT2D eigenvalue weighted by molar-refractivity contribution is 8.02. The number of aromatic nitrogens is 2. The predicted molar refractivity (Wildman–Crippen MR) is 70.9 cm³/mol. The van der Waals surface area contributed by atoms with Gasteiger partial charge in [0.25, 0.3) is 5.56 Å². The largest absolute Gasteiger partial charge is 0.301 e. The van der Waals surface area contributed by atoms with Crippen LogP contribution in [-0.4, -0.2) is 9.97 Å². The van der Waals surface area contributed by atoms with Gasteiger partial charge in [0.05, 0.1) is 0 Å². The van der Waals surface area contributed by atoms with Crippen molar-refractivity contribution < 1.29 is 0 Å². The van der Waals surface area contributed by atoms with Crippen LogP contribution in [0.3, 0.4) is 0 Å². The van der Waals surface area contributed by atoms with E-state index in [1.807, 2.05) is 41.8 Å². The lowest BCUT2D eigenvalue weighted by Crippen LogP contribution is -2.07. The van der Waals surface area contributed by atoms with Gasteiger partial charge in [0.2, 0.25) is 0 Å². The molecule has 0 amide bonds. The Morgan fingerprint density at radius 1 is 1.29 bits per heavy atom. The first-order chi connectivity index (χ1) is 8.24. The van der Waals surface area contributed by atoms with E-state index >= 15 is 0 Å². The molecule has 0 aliphatic carbocycles. The predicted octanol–water partition coefficient (Wildman–Crippen LogP) is 2.84. The second-order valence-corrected chi connectivity index (χ2v) is 4.42. The van der Waals surface area contributed by atoms with Crippen LogP contribution in [-0.2, 0) is 0 Å². The normalized spacial score (nSPS) is 10.9. The van der Waals surface area contributed by atoms with Crippen molar-refractivity contribution in [2.24, 2.45) is 0 Å². The minimum absolute atomic E-state index is 0.117. The Balaban J connectivity index is 2.07. The number of aryl methyl sites for hydroxylation is 1. The average molecular weight is 244 g/mol. The van der Waals surface area contributed by atoms with Crippen molar-refractivity contribution in [3.63, 3.8) is 0 Å². The van der Waals surface area contributed by atoms with Crippen molar-refractivity contribution in [1.29, 1.82) is 0 Å². The fourth-order valence-corrected chi connectivity index (χ4v) is 2.06. The minimum atomic E-state index is -0.117. The monoisotopic (exact) mass is 244 g/mol. The molecule has 0 atom stereocenters. The molecule has 0 radical (unpaired) electrons. The Labute approximate surface area is 104 Å². The quantitative estimate of drug-likeness (QED) is 0.667. The van der Waals surface area contributed by atoms with E-state index in [1.54, 1.807) is 6.92 Å². The number of nitrogens with zero attached hydrogens (tertiary/aromatic N) is 1. The van der Waals surface area contributed by atoms with Gasteiger partial charge < -0.3 is 4.98 Å². The van der Waals surface area contributed by atoms with Gasteiger partial charge in [-0.05, 0) is 24.0 Å². The molecule has 1 aromatic heterocycles. The summed E-state index contributed by atoms with van der Waals surface area (Å²) in [6.45, 7) is 1.81. The van der Waals surface area contributed by atoms with E-state index in [0.717, 1.165) is 11.3 Å². The summed E-state index contributed by atoms with van der Waals surface area (Å²) in [7, 11) is 0. The summed E-state index contributed by atoms with van der Waals surface area (Å²) in [5.74, 6) is 0. The smallest absolute Gasteiger partial charge is 0.251 e. The third-order valence-electron chi connectivity index (χ3n) is 2.09. The van der Waals surface area contributed by atoms with E-state index in [4.69, 9.17) is 0 Å². The van der Waals surface area contributed by atoms with Gasteiger partial charge in [-0.25, -0.2) is 4.98 Å². The molecule has 0 unspecified atom stereocenters. The minimum Gasteiger partial charge on any atom is -0.301 e. The molecule has 2 aromatic rings. The summed E-state index contributed by atoms with van der Waals surface area (Å²) in [5.41, 5.74) is 1.73. The Kier molecular flexibility index (Phi) is 3.77. The highest BCUT2D eigenvalue weighted by Gasteiger charge is 1.95. The van der Waals surface area contributed by atoms with Crippen molar-refractivity contribution in [3.05, 3.63) is 63.4 Å². The van der Waals surface area contributed by atoms with Crippen LogP contribution >= 0.6 is 11.8 Å². The number of nitrogens with one attached hydrogen (secondary N) is 1. The summed E-state index contributed by atoms with van der Waals surface area (Å²) in [6.07, 6.45) is 1.98. The number of hydrogen-bond donors (Lipinski definition) is 1. The first kappa shape index (κ1) is 11.7. The van der Waals surface area contributed by atoms with Crippen molar-refractivity contribution in [1.82, 2.24) is 9.97 Å². The van der Waals surface area contributed by atoms with Crippen molar-refractivity contribution >= 4 is 17.8 Å². The van der Waals surface area contributed by atoms with Gasteiger partial charge in [0, 0.05) is 11.8 Å². The molecule has 4 heteroatoms. The molecule has 0 bridgehead atoms. The van der Waals surface area contributed by atoms with Gasteiger partial charge in [0.1, 0.15) is 0 Å². The van der Waals surface area contributed by atoms with E-state index in [2.05, 4.69) is 9.97 Å². The number of aromatic amines is 1. The van der Waals surface area contributed by atoms with Gasteiger partial charge in [0.15, 0.2) is 5.16 Å². The fourth-order valence-electron chi connectivity index (χ4n) is 1.35. The number of hydrogen-bond acceptors (Lipinski definition) is 3. The first-order valence-corrected chi connectivity index (χ1v) is 6.08. The lowest BCUT2D eigenvalue weighted by molar-refractivity contribution is 0.909. The van der Waals surface area contributed by atoms with Crippen LogP contribution in [0.5, 0.6) is 0 Å². The second kappa shape index (κ2) is 5.50. The van der Waals surface area contributed by atoms with Crippen LogP contribution in [0, 0.1) is 6.92 Å². The van der Waals surface area contributed by atoms with Crippen LogP contribution in [0.15, 0.2) is 51.8 Å². The summed E-state index contributed by atoms with van der Waals surface area (Å²) in [5, 5.41) is 2.52. The molecule has 1 N–H and O–H groups in total. The molecule has 2 rings (SSSR count). The molecule has 86 valence electrons. The molecule has 3 nitrogen and oxygen atoms in total. The number of benzene rings is 1. The molecular formula is C13H12N2OS. The van der Waals surface area contributed by atoms with Crippen LogP contribution in [0.1, 0.15) is 11.3 Å². The summed E-state index contributed by atoms with van der Waals surface area (Å²) >= 11 is 1.40. The van der Waals surface area contributed by atoms with E-state index in [-0.39, 0.29) is 5.56 Å².